The quantitative estimate of drug-likeness (QED) is 0.714. The molecular weight excluding hydrogens is 380 g/mol. The van der Waals surface area contributed by atoms with Crippen LogP contribution in [0.25, 0.3) is 10.2 Å². The first-order valence-corrected chi connectivity index (χ1v) is 10.6. The van der Waals surface area contributed by atoms with Gasteiger partial charge in [0, 0.05) is 18.6 Å². The molecule has 1 saturated carbocycles. The van der Waals surface area contributed by atoms with Gasteiger partial charge in [0.05, 0.1) is 16.8 Å². The zero-order chi connectivity index (χ0) is 19.5. The van der Waals surface area contributed by atoms with Crippen molar-refractivity contribution >= 4 is 33.4 Å². The van der Waals surface area contributed by atoms with Crippen LogP contribution in [0.5, 0.6) is 11.5 Å². The molecule has 4 rings (SSSR count). The van der Waals surface area contributed by atoms with E-state index >= 15 is 0 Å². The largest absolute Gasteiger partial charge is 0.465 e. The molecule has 1 fully saturated rings. The number of esters is 1. The van der Waals surface area contributed by atoms with Crippen LogP contribution < -0.4 is 14.3 Å². The lowest BCUT2D eigenvalue weighted by Gasteiger charge is -2.19. The highest BCUT2D eigenvalue weighted by atomic mass is 32.1. The summed E-state index contributed by atoms with van der Waals surface area (Å²) >= 11 is 1.37. The Morgan fingerprint density at radius 2 is 1.96 bits per heavy atom. The summed E-state index contributed by atoms with van der Waals surface area (Å²) in [6.45, 7) is 2.26. The van der Waals surface area contributed by atoms with E-state index in [1.165, 1.54) is 30.6 Å². The van der Waals surface area contributed by atoms with E-state index in [2.05, 4.69) is 4.99 Å². The average Bonchev–Trinajstić information content (AvgIpc) is 3.25. The molecule has 0 bridgehead atoms. The summed E-state index contributed by atoms with van der Waals surface area (Å²) in [7, 11) is 0. The number of hydrogen-bond acceptors (Lipinski definition) is 6. The fourth-order valence-corrected chi connectivity index (χ4v) is 4.88. The highest BCUT2D eigenvalue weighted by Gasteiger charge is 2.20. The van der Waals surface area contributed by atoms with Gasteiger partial charge in [-0.3, -0.25) is 9.59 Å². The number of nitrogens with zero attached hydrogens (tertiary/aromatic N) is 2. The number of thiazole rings is 1. The fourth-order valence-electron chi connectivity index (χ4n) is 3.82. The number of amides is 1. The summed E-state index contributed by atoms with van der Waals surface area (Å²) in [5.41, 5.74) is 0.784. The van der Waals surface area contributed by atoms with Crippen LogP contribution in [0.3, 0.4) is 0 Å². The highest BCUT2D eigenvalue weighted by molar-refractivity contribution is 7.16. The van der Waals surface area contributed by atoms with Crippen molar-refractivity contribution in [1.82, 2.24) is 4.57 Å². The molecule has 0 saturated heterocycles. The number of carbonyl (C=O) groups is 2. The van der Waals surface area contributed by atoms with E-state index in [4.69, 9.17) is 14.2 Å². The van der Waals surface area contributed by atoms with E-state index in [-0.39, 0.29) is 25.2 Å². The Labute approximate surface area is 166 Å². The number of fused-ring (bicyclic) bond motifs is 2. The summed E-state index contributed by atoms with van der Waals surface area (Å²) in [4.78, 5) is 29.6. The van der Waals surface area contributed by atoms with Gasteiger partial charge in [-0.1, -0.05) is 30.6 Å². The normalized spacial score (nSPS) is 17.2. The molecule has 0 atom stereocenters. The number of benzene rings is 1. The zero-order valence-electron chi connectivity index (χ0n) is 15.9. The van der Waals surface area contributed by atoms with Crippen molar-refractivity contribution < 1.29 is 23.8 Å². The van der Waals surface area contributed by atoms with Gasteiger partial charge in [0.2, 0.25) is 12.7 Å². The SMILES string of the molecule is CCOC(=O)Cn1c(=NC(=O)CC2CCCCC2)sc2cc3c(cc21)OCO3. The molecule has 2 aromatic rings. The monoisotopic (exact) mass is 404 g/mol. The number of hydrogen-bond donors (Lipinski definition) is 0. The molecule has 1 aliphatic carbocycles. The summed E-state index contributed by atoms with van der Waals surface area (Å²) in [6.07, 6.45) is 6.29. The number of rotatable bonds is 5. The molecule has 8 heteroatoms. The van der Waals surface area contributed by atoms with Gasteiger partial charge >= 0.3 is 5.97 Å². The molecule has 2 heterocycles. The minimum atomic E-state index is -0.360. The number of ether oxygens (including phenoxy) is 3. The second-order valence-corrected chi connectivity index (χ2v) is 8.17. The second kappa shape index (κ2) is 8.34. The van der Waals surface area contributed by atoms with E-state index in [9.17, 15) is 9.59 Å². The molecule has 1 aromatic heterocycles. The molecule has 0 radical (unpaired) electrons. The maximum atomic E-state index is 12.6. The number of carbonyl (C=O) groups excluding carboxylic acids is 2. The molecule has 0 N–H and O–H groups in total. The second-order valence-electron chi connectivity index (χ2n) is 7.16. The lowest BCUT2D eigenvalue weighted by atomic mass is 9.87. The van der Waals surface area contributed by atoms with Gasteiger partial charge in [-0.2, -0.15) is 4.99 Å². The third-order valence-corrected chi connectivity index (χ3v) is 6.22. The third kappa shape index (κ3) is 4.06. The van der Waals surface area contributed by atoms with Gasteiger partial charge in [0.15, 0.2) is 16.3 Å². The smallest absolute Gasteiger partial charge is 0.326 e. The zero-order valence-corrected chi connectivity index (χ0v) is 16.8. The van der Waals surface area contributed by atoms with Crippen molar-refractivity contribution in [3.05, 3.63) is 16.9 Å². The van der Waals surface area contributed by atoms with Crippen molar-refractivity contribution in [3.63, 3.8) is 0 Å². The lowest BCUT2D eigenvalue weighted by molar-refractivity contribution is -0.143. The summed E-state index contributed by atoms with van der Waals surface area (Å²) in [5, 5.41) is 0. The molecule has 1 aromatic carbocycles. The first-order valence-electron chi connectivity index (χ1n) is 9.80. The molecular formula is C20H24N2O5S. The van der Waals surface area contributed by atoms with Crippen LogP contribution in [-0.4, -0.2) is 29.8 Å². The predicted octanol–water partition coefficient (Wildman–Crippen LogP) is 3.39. The van der Waals surface area contributed by atoms with Crippen molar-refractivity contribution in [3.8, 4) is 11.5 Å². The van der Waals surface area contributed by atoms with Crippen molar-refractivity contribution in [2.75, 3.05) is 13.4 Å². The Bertz CT molecular complexity index is 955. The van der Waals surface area contributed by atoms with Crippen LogP contribution in [0.2, 0.25) is 0 Å². The third-order valence-electron chi connectivity index (χ3n) is 5.18. The molecule has 2 aliphatic rings. The highest BCUT2D eigenvalue weighted by Crippen LogP contribution is 2.37. The standard InChI is InChI=1S/C20H24N2O5S/c1-2-25-19(24)11-22-14-9-15-16(27-12-26-15)10-17(14)28-20(22)21-18(23)8-13-6-4-3-5-7-13/h9-10,13H,2-8,11-12H2,1H3. The van der Waals surface area contributed by atoms with Gasteiger partial charge in [-0.15, -0.1) is 0 Å². The Hall–Kier alpha value is -2.35. The van der Waals surface area contributed by atoms with E-state index < -0.39 is 0 Å². The van der Waals surface area contributed by atoms with Crippen LogP contribution in [0.4, 0.5) is 0 Å². The van der Waals surface area contributed by atoms with Crippen molar-refractivity contribution in [1.29, 1.82) is 0 Å². The van der Waals surface area contributed by atoms with Crippen LogP contribution in [0.15, 0.2) is 17.1 Å². The first kappa shape index (κ1) is 19.0. The van der Waals surface area contributed by atoms with Crippen molar-refractivity contribution in [2.45, 2.75) is 52.0 Å². The van der Waals surface area contributed by atoms with Crippen LogP contribution >= 0.6 is 11.3 Å². The Morgan fingerprint density at radius 3 is 2.71 bits per heavy atom. The molecule has 28 heavy (non-hydrogen) atoms. The Morgan fingerprint density at radius 1 is 1.21 bits per heavy atom. The maximum Gasteiger partial charge on any atom is 0.326 e. The molecule has 1 amide bonds. The van der Waals surface area contributed by atoms with Gasteiger partial charge in [0.1, 0.15) is 6.54 Å². The van der Waals surface area contributed by atoms with Gasteiger partial charge in [-0.25, -0.2) is 0 Å². The first-order chi connectivity index (χ1) is 13.6. The molecule has 1 aliphatic heterocycles. The molecule has 7 nitrogen and oxygen atoms in total. The van der Waals surface area contributed by atoms with Gasteiger partial charge in [-0.05, 0) is 25.7 Å². The van der Waals surface area contributed by atoms with E-state index in [0.717, 1.165) is 23.1 Å². The summed E-state index contributed by atoms with van der Waals surface area (Å²) < 4.78 is 18.6. The maximum absolute atomic E-state index is 12.6. The lowest BCUT2D eigenvalue weighted by Crippen LogP contribution is -2.23. The fraction of sp³-hybridized carbons (Fsp3) is 0.550. The number of aromatic nitrogens is 1. The Kier molecular flexibility index (Phi) is 5.66. The average molecular weight is 404 g/mol. The minimum Gasteiger partial charge on any atom is -0.465 e. The van der Waals surface area contributed by atoms with Gasteiger partial charge < -0.3 is 18.8 Å². The minimum absolute atomic E-state index is 0.00300. The topological polar surface area (TPSA) is 79.1 Å². The van der Waals surface area contributed by atoms with Gasteiger partial charge in [0.25, 0.3) is 0 Å². The van der Waals surface area contributed by atoms with E-state index in [1.807, 2.05) is 12.1 Å². The summed E-state index contributed by atoms with van der Waals surface area (Å²) in [6, 6.07) is 3.70. The van der Waals surface area contributed by atoms with E-state index in [1.54, 1.807) is 11.5 Å². The van der Waals surface area contributed by atoms with Crippen molar-refractivity contribution in [2.24, 2.45) is 10.9 Å². The predicted molar refractivity (Wildman–Crippen MR) is 104 cm³/mol. The molecule has 0 unspecified atom stereocenters. The van der Waals surface area contributed by atoms with Crippen LogP contribution in [0, 0.1) is 5.92 Å². The molecule has 0 spiro atoms. The Balaban J connectivity index is 1.68. The summed E-state index contributed by atoms with van der Waals surface area (Å²) in [5.74, 6) is 1.22. The van der Waals surface area contributed by atoms with Crippen LogP contribution in [0.1, 0.15) is 45.4 Å². The molecule has 150 valence electrons. The van der Waals surface area contributed by atoms with Crippen LogP contribution in [-0.2, 0) is 20.9 Å². The van der Waals surface area contributed by atoms with E-state index in [0.29, 0.717) is 35.2 Å².